The second-order valence-corrected chi connectivity index (χ2v) is 5.45. The zero-order valence-corrected chi connectivity index (χ0v) is 12.6. The monoisotopic (exact) mass is 342 g/mol. The fourth-order valence-electron chi connectivity index (χ4n) is 1.81. The Hall–Kier alpha value is -1.56. The van der Waals surface area contributed by atoms with Crippen LogP contribution in [0.2, 0.25) is 0 Å². The van der Waals surface area contributed by atoms with E-state index in [1.165, 1.54) is 19.5 Å². The minimum atomic E-state index is -0.573. The van der Waals surface area contributed by atoms with E-state index in [4.69, 9.17) is 4.74 Å². The van der Waals surface area contributed by atoms with Crippen molar-refractivity contribution in [2.75, 3.05) is 7.11 Å². The van der Waals surface area contributed by atoms with Crippen LogP contribution in [0.25, 0.3) is 0 Å². The normalized spacial score (nSPS) is 12.2. The number of alkyl halides is 1. The van der Waals surface area contributed by atoms with E-state index < -0.39 is 11.6 Å². The summed E-state index contributed by atoms with van der Waals surface area (Å²) in [5.41, 5.74) is 1.52. The molecular formula is C14H13BrF2N2O. The average molecular weight is 343 g/mol. The summed E-state index contributed by atoms with van der Waals surface area (Å²) in [5.74, 6) is -0.670. The van der Waals surface area contributed by atoms with Gasteiger partial charge in [-0.15, -0.1) is 0 Å². The Balaban J connectivity index is 2.23. The fraction of sp³-hybridized carbons (Fsp3) is 0.286. The molecule has 20 heavy (non-hydrogen) atoms. The molecule has 1 atom stereocenters. The first kappa shape index (κ1) is 14.8. The molecular weight excluding hydrogens is 330 g/mol. The fourth-order valence-corrected chi connectivity index (χ4v) is 2.50. The van der Waals surface area contributed by atoms with Crippen molar-refractivity contribution in [3.8, 4) is 5.88 Å². The largest absolute Gasteiger partial charge is 0.481 e. The first-order chi connectivity index (χ1) is 9.51. The number of benzene rings is 1. The molecule has 3 nitrogen and oxygen atoms in total. The smallest absolute Gasteiger partial charge is 0.216 e. The van der Waals surface area contributed by atoms with Crippen LogP contribution in [-0.2, 0) is 6.42 Å². The lowest BCUT2D eigenvalue weighted by atomic mass is 10.0. The van der Waals surface area contributed by atoms with Crippen LogP contribution >= 0.6 is 15.9 Å². The van der Waals surface area contributed by atoms with Crippen molar-refractivity contribution in [3.63, 3.8) is 0 Å². The van der Waals surface area contributed by atoms with Gasteiger partial charge in [-0.3, -0.25) is 0 Å². The summed E-state index contributed by atoms with van der Waals surface area (Å²) in [6.45, 7) is 1.60. The van der Waals surface area contributed by atoms with E-state index in [0.717, 1.165) is 6.07 Å². The van der Waals surface area contributed by atoms with E-state index in [9.17, 15) is 8.78 Å². The number of ether oxygens (including phenoxy) is 1. The maximum absolute atomic E-state index is 13.8. The van der Waals surface area contributed by atoms with Crippen LogP contribution in [0.1, 0.15) is 21.6 Å². The number of nitrogens with zero attached hydrogens (tertiary/aromatic N) is 2. The zero-order valence-electron chi connectivity index (χ0n) is 11.0. The molecule has 1 unspecified atom stereocenters. The van der Waals surface area contributed by atoms with Crippen LogP contribution in [0.15, 0.2) is 24.5 Å². The highest BCUT2D eigenvalue weighted by atomic mass is 79.9. The van der Waals surface area contributed by atoms with Crippen molar-refractivity contribution in [2.24, 2.45) is 0 Å². The number of rotatable bonds is 4. The Labute approximate surface area is 124 Å². The molecule has 1 aromatic carbocycles. The summed E-state index contributed by atoms with van der Waals surface area (Å²) < 4.78 is 32.1. The predicted octanol–water partition coefficient (Wildman–Crippen LogP) is 3.75. The molecule has 2 aromatic rings. The Morgan fingerprint density at radius 2 is 1.95 bits per heavy atom. The highest BCUT2D eigenvalue weighted by molar-refractivity contribution is 9.09. The van der Waals surface area contributed by atoms with Crippen molar-refractivity contribution < 1.29 is 13.5 Å². The molecule has 106 valence electrons. The van der Waals surface area contributed by atoms with Gasteiger partial charge in [0.05, 0.1) is 7.11 Å². The lowest BCUT2D eigenvalue weighted by molar-refractivity contribution is 0.396. The number of aryl methyl sites for hydroxylation is 1. The SMILES string of the molecule is COc1cc(CC(Br)c2cc(C)c(F)cc2F)ncn1. The Morgan fingerprint density at radius 1 is 1.20 bits per heavy atom. The van der Waals surface area contributed by atoms with Gasteiger partial charge in [0.1, 0.15) is 18.0 Å². The molecule has 0 bridgehead atoms. The molecule has 0 spiro atoms. The lowest BCUT2D eigenvalue weighted by Gasteiger charge is -2.12. The molecule has 6 heteroatoms. The van der Waals surface area contributed by atoms with Crippen LogP contribution in [0.3, 0.4) is 0 Å². The highest BCUT2D eigenvalue weighted by Crippen LogP contribution is 2.30. The third kappa shape index (κ3) is 3.30. The van der Waals surface area contributed by atoms with Gasteiger partial charge in [0.15, 0.2) is 0 Å². The van der Waals surface area contributed by atoms with Gasteiger partial charge in [0.25, 0.3) is 0 Å². The number of aromatic nitrogens is 2. The van der Waals surface area contributed by atoms with Gasteiger partial charge in [-0.1, -0.05) is 15.9 Å². The van der Waals surface area contributed by atoms with E-state index in [2.05, 4.69) is 25.9 Å². The van der Waals surface area contributed by atoms with Crippen LogP contribution in [0, 0.1) is 18.6 Å². The van der Waals surface area contributed by atoms with Crippen molar-refractivity contribution in [3.05, 3.63) is 53.0 Å². The minimum Gasteiger partial charge on any atom is -0.481 e. The second-order valence-electron chi connectivity index (χ2n) is 4.35. The summed E-state index contributed by atoms with van der Waals surface area (Å²) in [5, 5.41) is 0. The van der Waals surface area contributed by atoms with Crippen molar-refractivity contribution in [1.82, 2.24) is 9.97 Å². The molecule has 0 radical (unpaired) electrons. The Morgan fingerprint density at radius 3 is 2.65 bits per heavy atom. The summed E-state index contributed by atoms with van der Waals surface area (Å²) in [4.78, 5) is 7.71. The molecule has 2 rings (SSSR count). The third-order valence-electron chi connectivity index (χ3n) is 2.91. The van der Waals surface area contributed by atoms with Gasteiger partial charge in [-0.05, 0) is 18.6 Å². The molecule has 0 aliphatic rings. The minimum absolute atomic E-state index is 0.304. The average Bonchev–Trinajstić information content (AvgIpc) is 2.43. The summed E-state index contributed by atoms with van der Waals surface area (Å²) in [6.07, 6.45) is 1.83. The van der Waals surface area contributed by atoms with E-state index >= 15 is 0 Å². The van der Waals surface area contributed by atoms with Gasteiger partial charge in [-0.2, -0.15) is 0 Å². The van der Waals surface area contributed by atoms with E-state index in [0.29, 0.717) is 29.1 Å². The van der Waals surface area contributed by atoms with Crippen molar-refractivity contribution in [1.29, 1.82) is 0 Å². The summed E-state index contributed by atoms with van der Waals surface area (Å²) >= 11 is 3.42. The van der Waals surface area contributed by atoms with Crippen LogP contribution < -0.4 is 4.74 Å². The highest BCUT2D eigenvalue weighted by Gasteiger charge is 2.16. The standard InChI is InChI=1S/C14H13BrF2N2O/c1-8-3-10(13(17)6-12(8)16)11(15)4-9-5-14(20-2)19-7-18-9/h3,5-7,11H,4H2,1-2H3. The quantitative estimate of drug-likeness (QED) is 0.793. The molecule has 0 fully saturated rings. The van der Waals surface area contributed by atoms with Crippen molar-refractivity contribution >= 4 is 15.9 Å². The van der Waals surface area contributed by atoms with Gasteiger partial charge < -0.3 is 4.74 Å². The van der Waals surface area contributed by atoms with Gasteiger partial charge >= 0.3 is 0 Å². The number of hydrogen-bond acceptors (Lipinski definition) is 3. The molecule has 1 aromatic heterocycles. The third-order valence-corrected chi connectivity index (χ3v) is 3.73. The Bertz CT molecular complexity index is 622. The van der Waals surface area contributed by atoms with E-state index in [1.54, 1.807) is 13.0 Å². The molecule has 0 aliphatic heterocycles. The van der Waals surface area contributed by atoms with Crippen LogP contribution in [0.4, 0.5) is 8.78 Å². The van der Waals surface area contributed by atoms with Crippen molar-refractivity contribution in [2.45, 2.75) is 18.2 Å². The molecule has 1 heterocycles. The Kier molecular flexibility index (Phi) is 4.65. The topological polar surface area (TPSA) is 35.0 Å². The number of halogens is 3. The summed E-state index contributed by atoms with van der Waals surface area (Å²) in [7, 11) is 1.51. The predicted molar refractivity (Wildman–Crippen MR) is 75.1 cm³/mol. The first-order valence-electron chi connectivity index (χ1n) is 5.95. The van der Waals surface area contributed by atoms with E-state index in [1.807, 2.05) is 0 Å². The van der Waals surface area contributed by atoms with E-state index in [-0.39, 0.29) is 4.83 Å². The van der Waals surface area contributed by atoms with Gasteiger partial charge in [0.2, 0.25) is 5.88 Å². The van der Waals surface area contributed by atoms with Gasteiger partial charge in [0, 0.05) is 34.6 Å². The molecule has 0 N–H and O–H groups in total. The summed E-state index contributed by atoms with van der Waals surface area (Å²) in [6, 6.07) is 4.09. The number of hydrogen-bond donors (Lipinski definition) is 0. The molecule has 0 aliphatic carbocycles. The van der Waals surface area contributed by atoms with Crippen LogP contribution in [0.5, 0.6) is 5.88 Å². The maximum atomic E-state index is 13.8. The maximum Gasteiger partial charge on any atom is 0.216 e. The van der Waals surface area contributed by atoms with Crippen LogP contribution in [-0.4, -0.2) is 17.1 Å². The zero-order chi connectivity index (χ0) is 14.7. The first-order valence-corrected chi connectivity index (χ1v) is 6.87. The molecule has 0 saturated carbocycles. The molecule has 0 saturated heterocycles. The molecule has 0 amide bonds. The second kappa shape index (κ2) is 6.26. The lowest BCUT2D eigenvalue weighted by Crippen LogP contribution is -2.03. The van der Waals surface area contributed by atoms with Gasteiger partial charge in [-0.25, -0.2) is 18.7 Å². The number of methoxy groups -OCH3 is 1.